The molecule has 128 heavy (non-hydrogen) atoms. The van der Waals surface area contributed by atoms with Crippen LogP contribution in [-0.4, -0.2) is 159 Å². The molecule has 0 saturated carbocycles. The van der Waals surface area contributed by atoms with Gasteiger partial charge in [-0.15, -0.1) is 0 Å². The molecule has 1 unspecified atom stereocenters. The van der Waals surface area contributed by atoms with Gasteiger partial charge in [-0.3, -0.25) is 57.5 Å². The fourth-order valence-corrected chi connectivity index (χ4v) is 15.5. The molecule has 6 aromatic rings. The van der Waals surface area contributed by atoms with Gasteiger partial charge >= 0.3 is 48.9 Å². The Morgan fingerprint density at radius 1 is 0.414 bits per heavy atom. The molecule has 0 aliphatic carbocycles. The average molecular weight is 1830 g/mol. The molecular weight excluding hydrogens is 1720 g/mol. The average Bonchev–Trinajstić information content (AvgIpc) is 0.822. The van der Waals surface area contributed by atoms with Gasteiger partial charge in [0, 0.05) is 117 Å². The third kappa shape index (κ3) is 30.2. The first-order valence-electron chi connectivity index (χ1n) is 41.8. The minimum Gasteiger partial charge on any atom is -0.535 e. The van der Waals surface area contributed by atoms with Crippen LogP contribution in [0.1, 0.15) is 248 Å². The summed E-state index contributed by atoms with van der Waals surface area (Å²) >= 11 is 16.9. The lowest BCUT2D eigenvalue weighted by Gasteiger charge is -2.29. The van der Waals surface area contributed by atoms with Gasteiger partial charge in [-0.1, -0.05) is 121 Å². The topological polar surface area (TPSA) is 422 Å². The lowest BCUT2D eigenvalue weighted by molar-refractivity contribution is -0.173. The number of ketones is 13. The summed E-state index contributed by atoms with van der Waals surface area (Å²) in [5.41, 5.74) is 8.55. The van der Waals surface area contributed by atoms with Crippen LogP contribution in [0.2, 0.25) is 34.9 Å². The van der Waals surface area contributed by atoms with E-state index in [-0.39, 0.29) is 163 Å². The third-order valence-corrected chi connectivity index (χ3v) is 22.6. The van der Waals surface area contributed by atoms with Gasteiger partial charge in [0.2, 0.25) is 0 Å². The van der Waals surface area contributed by atoms with Gasteiger partial charge in [-0.05, 0) is 176 Å². The van der Waals surface area contributed by atoms with E-state index in [0.29, 0.717) is 113 Å². The number of allylic oxidation sites excluding steroid dienone is 1. The van der Waals surface area contributed by atoms with E-state index in [0.717, 1.165) is 46.7 Å². The largest absolute Gasteiger partial charge is 0.535 e. The molecule has 38 heteroatoms. The molecule has 0 bridgehead atoms. The summed E-state index contributed by atoms with van der Waals surface area (Å²) in [6, 6.07) is 33.3. The van der Waals surface area contributed by atoms with Crippen LogP contribution in [-0.2, 0) is 72.1 Å². The predicted octanol–water partition coefficient (Wildman–Crippen LogP) is 14.8. The van der Waals surface area contributed by atoms with E-state index in [1.807, 2.05) is 49.4 Å². The van der Waals surface area contributed by atoms with Crippen molar-refractivity contribution in [3.8, 4) is 40.6 Å². The van der Waals surface area contributed by atoms with E-state index in [1.165, 1.54) is 61.5 Å². The van der Waals surface area contributed by atoms with Crippen LogP contribution in [0.3, 0.4) is 0 Å². The number of benzene rings is 6. The first-order chi connectivity index (χ1) is 60.2. The molecule has 26 nitrogen and oxygen atoms in total. The maximum Gasteiger partial charge on any atom is 0.526 e. The molecule has 0 amide bonds. The van der Waals surface area contributed by atoms with E-state index in [4.69, 9.17) is 68.0 Å². The summed E-state index contributed by atoms with van der Waals surface area (Å²) in [7, 11) is -6.85. The molecule has 6 aromatic carbocycles. The third-order valence-electron chi connectivity index (χ3n) is 22.1. The van der Waals surface area contributed by atoms with Gasteiger partial charge in [0.1, 0.15) is 63.4 Å². The van der Waals surface area contributed by atoms with Crippen molar-refractivity contribution in [3.63, 3.8) is 0 Å². The number of para-hydroxylation sites is 6. The van der Waals surface area contributed by atoms with Crippen LogP contribution < -0.4 is 27.9 Å². The van der Waals surface area contributed by atoms with Crippen molar-refractivity contribution < 1.29 is 134 Å². The Morgan fingerprint density at radius 2 is 0.664 bits per heavy atom. The molecular formula is C90H101B6Cl3F3NO25. The maximum absolute atomic E-state index is 12.5. The van der Waals surface area contributed by atoms with Gasteiger partial charge in [0.15, 0.2) is 50.6 Å². The highest BCUT2D eigenvalue weighted by Gasteiger charge is 2.46. The Hall–Kier alpha value is -10.1. The van der Waals surface area contributed by atoms with Crippen molar-refractivity contribution in [2.75, 3.05) is 0 Å². The molecule has 676 valence electrons. The zero-order chi connectivity index (χ0) is 94.9. The number of fused-ring (bicyclic) bond motifs is 6. The van der Waals surface area contributed by atoms with E-state index in [2.05, 4.69) is 0 Å². The van der Waals surface area contributed by atoms with Crippen LogP contribution in [0, 0.1) is 17.2 Å². The SMILES string of the molecule is CC(=O)CCC(=O)C[C@H]1Cc2cccc(C(C)=O)c2OB1O.CC(=O)c1cccc2c1OB(O)[C@@H](CC(=O)/C=C/Cl)C2.CC(=O)c1cccc2c1OB(O)[C@@H](CC(=O)C(C)(Cl)Cl)C2.CC(=O)c1cccc2c1OB(O)[C@@H](CC(=O)CC(C)C(F)(F)F)C2.CC(=O)c1cccc2c1OB(O)[C@@H](CC(=O)CCC#N)C2.CCCC(=O)C[C@H]1Cc2cccc(C(C)=O)c2OB1O. The lowest BCUT2D eigenvalue weighted by Crippen LogP contribution is -2.37. The number of hydrogen-bond acceptors (Lipinski definition) is 26. The number of hydrogen-bond donors (Lipinski definition) is 6. The number of nitrogens with zero attached hydrogens (tertiary/aromatic N) is 1. The second-order valence-electron chi connectivity index (χ2n) is 32.6. The van der Waals surface area contributed by atoms with Gasteiger partial charge in [-0.25, -0.2) is 0 Å². The summed E-state index contributed by atoms with van der Waals surface area (Å²) in [6.45, 7) is 14.4. The van der Waals surface area contributed by atoms with Crippen LogP contribution in [0.4, 0.5) is 13.2 Å². The highest BCUT2D eigenvalue weighted by atomic mass is 35.5. The second-order valence-corrected chi connectivity index (χ2v) is 34.6. The van der Waals surface area contributed by atoms with Gasteiger partial charge in [0.05, 0.1) is 45.4 Å². The summed E-state index contributed by atoms with van der Waals surface area (Å²) in [6.07, 6.45) is 1.68. The quantitative estimate of drug-likeness (QED) is 0.0110. The Balaban J connectivity index is 0.000000211. The molecule has 0 radical (unpaired) electrons. The smallest absolute Gasteiger partial charge is 0.526 e. The van der Waals surface area contributed by atoms with Crippen LogP contribution in [0.5, 0.6) is 34.5 Å². The van der Waals surface area contributed by atoms with Crippen LogP contribution in [0.25, 0.3) is 0 Å². The standard InChI is InChI=1S/C16H18BF3O4.C16H19BO5.C15H16BNO4.C15H19BO4.C14H15BCl2O4.C14H14BClO4/c1-9(16(18,19)20)6-13(22)8-12-7-11-4-3-5-14(10(2)21)15(11)24-17(12)23;1-10(18)6-7-14(20)9-13-8-12-4-3-5-15(11(2)19)16(12)22-17(13)21;1-10(18)14-6-2-4-11-8-12(16(20)21-15(11)14)9-13(19)5-3-7-17;1-3-5-13(18)9-12-8-11-6-4-7-14(10(2)17)15(11)20-16(12)19;1-8(18)11-5-3-4-9-6-10(15(20)21-13(9)11)7-12(19)14(2,16)17;1-9(17)13-4-2-3-10-7-11(8-12(18)5-6-16)15(19)20-14(10)13/h3-5,9,12,23H,6-8H2,1-2H3;3-5,13,21H,6-9H2,1-2H3;2,4,6,12,20H,3,5,8-9H2,1H3;4,6-7,12,19H,3,5,8-9H2,1-2H3;3-5,10,20H,6-7H2,1-2H3;2-6,11,19H,7-8H2,1H3/b;;;;;6-5+/t9?,12-;13-;2*12-;10-;11-/m111111/s1. The normalized spacial score (nSPS) is 17.5. The summed E-state index contributed by atoms with van der Waals surface area (Å²) in [5, 5.41) is 68.8. The van der Waals surface area contributed by atoms with Crippen molar-refractivity contribution in [3.05, 3.63) is 188 Å². The number of Topliss-reactive ketones (excluding diaryl/α,β-unsaturated/α-hetero) is 12. The van der Waals surface area contributed by atoms with E-state index < -0.39 is 83.0 Å². The number of nitriles is 1. The molecule has 0 fully saturated rings. The fourth-order valence-electron chi connectivity index (χ4n) is 15.2. The maximum atomic E-state index is 12.5. The van der Waals surface area contributed by atoms with Crippen molar-refractivity contribution in [1.29, 1.82) is 5.26 Å². The van der Waals surface area contributed by atoms with Gasteiger partial charge in [0.25, 0.3) is 0 Å². The summed E-state index contributed by atoms with van der Waals surface area (Å²) in [5.74, 6) is -3.59. The molecule has 6 N–H and O–H groups in total. The fraction of sp³-hybridized carbons (Fsp3) is 0.422. The Bertz CT molecular complexity index is 5180. The van der Waals surface area contributed by atoms with Crippen molar-refractivity contribution in [1.82, 2.24) is 0 Å². The number of halogens is 6. The summed E-state index contributed by atoms with van der Waals surface area (Å²) in [4.78, 5) is 151. The first-order valence-corrected chi connectivity index (χ1v) is 43.0. The van der Waals surface area contributed by atoms with E-state index >= 15 is 0 Å². The summed E-state index contributed by atoms with van der Waals surface area (Å²) < 4.78 is 68.8. The highest BCUT2D eigenvalue weighted by Crippen LogP contribution is 2.44. The number of rotatable bonds is 29. The van der Waals surface area contributed by atoms with Crippen molar-refractivity contribution in [2.45, 2.75) is 237 Å². The van der Waals surface area contributed by atoms with E-state index in [1.54, 1.807) is 72.8 Å². The van der Waals surface area contributed by atoms with Crippen molar-refractivity contribution >= 4 is 153 Å². The Labute approximate surface area is 757 Å². The molecule has 0 saturated heterocycles. The number of alkyl halides is 5. The lowest BCUT2D eigenvalue weighted by atomic mass is 9.64. The molecule has 0 aromatic heterocycles. The highest BCUT2D eigenvalue weighted by molar-refractivity contribution is 6.58. The molecule has 6 heterocycles. The van der Waals surface area contributed by atoms with Gasteiger partial charge in [-0.2, -0.15) is 18.4 Å². The molecule has 12 rings (SSSR count). The van der Waals surface area contributed by atoms with Crippen molar-refractivity contribution in [2.24, 2.45) is 5.92 Å². The Kier molecular flexibility index (Phi) is 39.8. The monoisotopic (exact) mass is 1820 g/mol. The first kappa shape index (κ1) is 105. The second kappa shape index (κ2) is 48.5. The minimum atomic E-state index is -4.42. The predicted molar refractivity (Wildman–Crippen MR) is 477 cm³/mol. The molecule has 7 atom stereocenters. The molecule has 6 aliphatic heterocycles. The van der Waals surface area contributed by atoms with Crippen LogP contribution >= 0.6 is 34.8 Å². The van der Waals surface area contributed by atoms with E-state index in [9.17, 15) is 106 Å². The number of carbonyl (C=O) groups excluding carboxylic acids is 13. The Morgan fingerprint density at radius 3 is 0.898 bits per heavy atom. The zero-order valence-corrected chi connectivity index (χ0v) is 74.9. The zero-order valence-electron chi connectivity index (χ0n) is 72.6. The number of carbonyl (C=O) groups is 13. The van der Waals surface area contributed by atoms with Gasteiger partial charge < -0.3 is 62.9 Å². The molecule has 6 aliphatic rings. The van der Waals surface area contributed by atoms with Crippen LogP contribution in [0.15, 0.2) is 121 Å². The molecule has 0 spiro atoms. The minimum absolute atomic E-state index is 0.00834.